The Morgan fingerprint density at radius 3 is 2.76 bits per heavy atom. The van der Waals surface area contributed by atoms with E-state index in [0.717, 1.165) is 11.1 Å². The SMILES string of the molecule is Cn1c(=O)[nH]c(=O)c2c1nc(N/N=C\c1cccnc1)n2Cc1ccc(F)cc1. The van der Waals surface area contributed by atoms with Crippen molar-refractivity contribution in [2.24, 2.45) is 12.1 Å². The van der Waals surface area contributed by atoms with E-state index in [-0.39, 0.29) is 29.5 Å². The van der Waals surface area contributed by atoms with Crippen LogP contribution in [-0.2, 0) is 13.6 Å². The van der Waals surface area contributed by atoms with Crippen molar-refractivity contribution in [3.8, 4) is 0 Å². The van der Waals surface area contributed by atoms with Crippen molar-refractivity contribution in [2.75, 3.05) is 5.43 Å². The Kier molecular flexibility index (Phi) is 4.73. The van der Waals surface area contributed by atoms with Gasteiger partial charge in [0.2, 0.25) is 5.95 Å². The molecule has 3 aromatic heterocycles. The first kappa shape index (κ1) is 18.3. The molecule has 4 aromatic rings. The number of nitrogens with zero attached hydrogens (tertiary/aromatic N) is 5. The molecule has 0 aliphatic carbocycles. The van der Waals surface area contributed by atoms with Crippen LogP contribution in [0.1, 0.15) is 11.1 Å². The average molecular weight is 393 g/mol. The molecule has 0 radical (unpaired) electrons. The minimum absolute atomic E-state index is 0.204. The maximum Gasteiger partial charge on any atom is 0.329 e. The number of anilines is 1. The van der Waals surface area contributed by atoms with E-state index in [1.807, 2.05) is 6.07 Å². The molecule has 0 aliphatic rings. The molecule has 146 valence electrons. The van der Waals surface area contributed by atoms with Gasteiger partial charge in [-0.25, -0.2) is 14.6 Å². The second-order valence-corrected chi connectivity index (χ2v) is 6.29. The van der Waals surface area contributed by atoms with Crippen molar-refractivity contribution in [2.45, 2.75) is 6.54 Å². The molecule has 29 heavy (non-hydrogen) atoms. The summed E-state index contributed by atoms with van der Waals surface area (Å²) in [5.41, 5.74) is 3.60. The van der Waals surface area contributed by atoms with E-state index in [4.69, 9.17) is 0 Å². The van der Waals surface area contributed by atoms with E-state index >= 15 is 0 Å². The average Bonchev–Trinajstić information content (AvgIpc) is 3.08. The fourth-order valence-corrected chi connectivity index (χ4v) is 2.86. The number of aryl methyl sites for hydroxylation is 1. The summed E-state index contributed by atoms with van der Waals surface area (Å²) in [6.07, 6.45) is 4.85. The zero-order valence-corrected chi connectivity index (χ0v) is 15.3. The van der Waals surface area contributed by atoms with Gasteiger partial charge in [-0.05, 0) is 23.8 Å². The van der Waals surface area contributed by atoms with Gasteiger partial charge in [-0.2, -0.15) is 10.1 Å². The van der Waals surface area contributed by atoms with Gasteiger partial charge in [0.25, 0.3) is 5.56 Å². The first-order valence-corrected chi connectivity index (χ1v) is 8.66. The van der Waals surface area contributed by atoms with Gasteiger partial charge in [0, 0.05) is 25.0 Å². The summed E-state index contributed by atoms with van der Waals surface area (Å²) in [7, 11) is 1.51. The fraction of sp³-hybridized carbons (Fsp3) is 0.105. The van der Waals surface area contributed by atoms with Gasteiger partial charge >= 0.3 is 5.69 Å². The zero-order valence-electron chi connectivity index (χ0n) is 15.3. The lowest BCUT2D eigenvalue weighted by molar-refractivity contribution is 0.626. The summed E-state index contributed by atoms with van der Waals surface area (Å²) in [5, 5.41) is 4.15. The first-order valence-electron chi connectivity index (χ1n) is 8.66. The van der Waals surface area contributed by atoms with Crippen LogP contribution in [0.15, 0.2) is 63.5 Å². The Hall–Kier alpha value is -4.08. The number of H-pyrrole nitrogens is 1. The number of rotatable bonds is 5. The highest BCUT2D eigenvalue weighted by Gasteiger charge is 2.17. The second kappa shape index (κ2) is 7.50. The van der Waals surface area contributed by atoms with Crippen LogP contribution in [0.2, 0.25) is 0 Å². The van der Waals surface area contributed by atoms with Crippen molar-refractivity contribution in [3.05, 3.63) is 86.6 Å². The first-order chi connectivity index (χ1) is 14.0. The Morgan fingerprint density at radius 2 is 2.03 bits per heavy atom. The lowest BCUT2D eigenvalue weighted by Crippen LogP contribution is -2.29. The summed E-state index contributed by atoms with van der Waals surface area (Å²) in [6, 6.07) is 9.50. The van der Waals surface area contributed by atoms with Gasteiger partial charge < -0.3 is 0 Å². The summed E-state index contributed by atoms with van der Waals surface area (Å²) in [6.45, 7) is 0.225. The Bertz CT molecular complexity index is 1300. The molecule has 2 N–H and O–H groups in total. The molecule has 0 saturated carbocycles. The van der Waals surface area contributed by atoms with Crippen molar-refractivity contribution >= 4 is 23.3 Å². The number of nitrogens with one attached hydrogen (secondary N) is 2. The number of imidazole rings is 1. The van der Waals surface area contributed by atoms with Gasteiger partial charge in [0.05, 0.1) is 12.8 Å². The molecule has 0 saturated heterocycles. The van der Waals surface area contributed by atoms with E-state index in [1.54, 1.807) is 41.4 Å². The molecule has 9 nitrogen and oxygen atoms in total. The second-order valence-electron chi connectivity index (χ2n) is 6.29. The molecule has 0 bridgehead atoms. The summed E-state index contributed by atoms with van der Waals surface area (Å²) < 4.78 is 16.1. The van der Waals surface area contributed by atoms with Gasteiger partial charge in [0.1, 0.15) is 5.82 Å². The minimum atomic E-state index is -0.570. The molecule has 1 aromatic carbocycles. The third-order valence-corrected chi connectivity index (χ3v) is 4.32. The van der Waals surface area contributed by atoms with Crippen LogP contribution in [0, 0.1) is 5.82 Å². The lowest BCUT2D eigenvalue weighted by atomic mass is 10.2. The largest absolute Gasteiger partial charge is 0.329 e. The lowest BCUT2D eigenvalue weighted by Gasteiger charge is -2.08. The number of halogens is 1. The van der Waals surface area contributed by atoms with Crippen molar-refractivity contribution in [3.63, 3.8) is 0 Å². The predicted molar refractivity (Wildman–Crippen MR) is 107 cm³/mol. The molecule has 4 rings (SSSR count). The standard InChI is InChI=1S/C19H16FN7O2/c1-26-16-15(17(28)24-19(26)29)27(11-12-4-6-14(20)7-5-12)18(23-16)25-22-10-13-3-2-8-21-9-13/h2-10H,11H2,1H3,(H,23,25)(H,24,28,29)/b22-10-. The number of hydrazone groups is 1. The molecule has 10 heteroatoms. The van der Waals surface area contributed by atoms with Crippen LogP contribution in [0.4, 0.5) is 10.3 Å². The molecule has 3 heterocycles. The van der Waals surface area contributed by atoms with Crippen molar-refractivity contribution in [1.82, 2.24) is 24.1 Å². The smallest absolute Gasteiger partial charge is 0.298 e. The summed E-state index contributed by atoms with van der Waals surface area (Å²) >= 11 is 0. The van der Waals surface area contributed by atoms with Crippen LogP contribution >= 0.6 is 0 Å². The molecule has 0 spiro atoms. The molecule has 0 atom stereocenters. The number of benzene rings is 1. The molecular weight excluding hydrogens is 377 g/mol. The number of hydrogen-bond acceptors (Lipinski definition) is 6. The van der Waals surface area contributed by atoms with E-state index < -0.39 is 11.2 Å². The third-order valence-electron chi connectivity index (χ3n) is 4.32. The van der Waals surface area contributed by atoms with Crippen LogP contribution in [-0.4, -0.2) is 30.3 Å². The fourth-order valence-electron chi connectivity index (χ4n) is 2.86. The highest BCUT2D eigenvalue weighted by molar-refractivity contribution is 5.80. The van der Waals surface area contributed by atoms with Crippen LogP contribution in [0.25, 0.3) is 11.2 Å². The van der Waals surface area contributed by atoms with Gasteiger partial charge in [0.15, 0.2) is 11.2 Å². The summed E-state index contributed by atoms with van der Waals surface area (Å²) in [4.78, 5) is 35.0. The van der Waals surface area contributed by atoms with E-state index in [2.05, 4.69) is 25.5 Å². The maximum atomic E-state index is 13.2. The Balaban J connectivity index is 1.79. The molecule has 0 amide bonds. The highest BCUT2D eigenvalue weighted by atomic mass is 19.1. The Labute approximate surface area is 163 Å². The highest BCUT2D eigenvalue weighted by Crippen LogP contribution is 2.18. The van der Waals surface area contributed by atoms with E-state index in [1.165, 1.54) is 23.7 Å². The quantitative estimate of drug-likeness (QED) is 0.394. The molecule has 0 unspecified atom stereocenters. The predicted octanol–water partition coefficient (Wildman–Crippen LogP) is 1.45. The zero-order chi connectivity index (χ0) is 20.4. The number of aromatic nitrogens is 5. The number of aromatic amines is 1. The summed E-state index contributed by atoms with van der Waals surface area (Å²) in [5.74, 6) is -0.0972. The monoisotopic (exact) mass is 393 g/mol. The van der Waals surface area contributed by atoms with E-state index in [0.29, 0.717) is 0 Å². The van der Waals surface area contributed by atoms with Gasteiger partial charge in [-0.3, -0.25) is 23.9 Å². The molecular formula is C19H16FN7O2. The molecule has 0 fully saturated rings. The maximum absolute atomic E-state index is 13.2. The third kappa shape index (κ3) is 3.68. The topological polar surface area (TPSA) is 110 Å². The number of pyridine rings is 1. The van der Waals surface area contributed by atoms with Crippen molar-refractivity contribution in [1.29, 1.82) is 0 Å². The van der Waals surface area contributed by atoms with Crippen LogP contribution in [0.5, 0.6) is 0 Å². The van der Waals surface area contributed by atoms with Gasteiger partial charge in [-0.1, -0.05) is 18.2 Å². The van der Waals surface area contributed by atoms with Crippen LogP contribution in [0.3, 0.4) is 0 Å². The normalized spacial score (nSPS) is 11.4. The number of hydrogen-bond donors (Lipinski definition) is 2. The van der Waals surface area contributed by atoms with Gasteiger partial charge in [-0.15, -0.1) is 0 Å². The molecule has 0 aliphatic heterocycles. The van der Waals surface area contributed by atoms with E-state index in [9.17, 15) is 14.0 Å². The number of fused-ring (bicyclic) bond motifs is 1. The minimum Gasteiger partial charge on any atom is -0.298 e. The van der Waals surface area contributed by atoms with Crippen LogP contribution < -0.4 is 16.7 Å². The van der Waals surface area contributed by atoms with Crippen molar-refractivity contribution < 1.29 is 4.39 Å². The Morgan fingerprint density at radius 1 is 1.24 bits per heavy atom.